The predicted molar refractivity (Wildman–Crippen MR) is 116 cm³/mol. The van der Waals surface area contributed by atoms with Crippen molar-refractivity contribution in [1.29, 1.82) is 0 Å². The Balaban J connectivity index is 1.19. The van der Waals surface area contributed by atoms with Crippen LogP contribution in [0, 0.1) is 6.92 Å². The molecule has 2 amide bonds. The highest BCUT2D eigenvalue weighted by molar-refractivity contribution is 5.85. The summed E-state index contributed by atoms with van der Waals surface area (Å²) in [5.74, 6) is 1.24. The lowest BCUT2D eigenvalue weighted by Crippen LogP contribution is -2.55. The first-order valence-electron chi connectivity index (χ1n) is 10.6. The lowest BCUT2D eigenvalue weighted by Gasteiger charge is -2.37. The first-order chi connectivity index (χ1) is 15.1. The van der Waals surface area contributed by atoms with Crippen LogP contribution in [0.1, 0.15) is 5.69 Å². The van der Waals surface area contributed by atoms with Crippen LogP contribution >= 0.6 is 0 Å². The number of carbonyl (C=O) groups excluding carboxylic acids is 2. The summed E-state index contributed by atoms with van der Waals surface area (Å²) >= 11 is 0. The number of nitrogens with zero attached hydrogens (tertiary/aromatic N) is 3. The zero-order valence-corrected chi connectivity index (χ0v) is 17.5. The van der Waals surface area contributed by atoms with E-state index in [2.05, 4.69) is 16.7 Å². The Morgan fingerprint density at radius 2 is 1.61 bits per heavy atom. The van der Waals surface area contributed by atoms with Crippen molar-refractivity contribution in [2.75, 3.05) is 32.8 Å². The molecule has 0 aliphatic carbocycles. The number of piperazine rings is 1. The fourth-order valence-corrected chi connectivity index (χ4v) is 4.31. The molecule has 2 aliphatic heterocycles. The molecule has 2 aromatic carbocycles. The summed E-state index contributed by atoms with van der Waals surface area (Å²) < 4.78 is 13.6. The average Bonchev–Trinajstić information content (AvgIpc) is 3.13. The summed E-state index contributed by atoms with van der Waals surface area (Å²) in [5.41, 5.74) is 2.13. The van der Waals surface area contributed by atoms with Gasteiger partial charge in [-0.1, -0.05) is 30.3 Å². The summed E-state index contributed by atoms with van der Waals surface area (Å²) in [7, 11) is 0. The van der Waals surface area contributed by atoms with E-state index in [1.807, 2.05) is 48.2 Å². The number of rotatable bonds is 3. The minimum absolute atomic E-state index is 0.0720. The summed E-state index contributed by atoms with van der Waals surface area (Å²) in [6.45, 7) is 4.57. The second-order valence-electron chi connectivity index (χ2n) is 8.00. The Hall–Kier alpha value is -3.48. The molecule has 1 aromatic heterocycles. The number of fused-ring (bicyclic) bond motifs is 2. The standard InChI is InChI=1S/C24H25N3O4/c1-17-14-18-6-2-3-7-19(18)27(17)15-23(28)25-10-12-26(13-11-25)24(29)22-16-30-20-8-4-5-9-21(20)31-22/h2-9,14,22H,10-13,15-16H2,1H3. The third kappa shape index (κ3) is 3.71. The maximum Gasteiger partial charge on any atom is 0.267 e. The van der Waals surface area contributed by atoms with E-state index >= 15 is 0 Å². The fourth-order valence-electron chi connectivity index (χ4n) is 4.31. The van der Waals surface area contributed by atoms with Gasteiger partial charge in [0.15, 0.2) is 11.5 Å². The van der Waals surface area contributed by atoms with E-state index < -0.39 is 6.10 Å². The Kier molecular flexibility index (Phi) is 5.02. The minimum Gasteiger partial charge on any atom is -0.485 e. The van der Waals surface area contributed by atoms with Gasteiger partial charge >= 0.3 is 0 Å². The lowest BCUT2D eigenvalue weighted by atomic mass is 10.2. The van der Waals surface area contributed by atoms with E-state index in [1.54, 1.807) is 11.0 Å². The second kappa shape index (κ2) is 7.98. The SMILES string of the molecule is Cc1cc2ccccc2n1CC(=O)N1CCN(C(=O)C2COc3ccccc3O2)CC1. The molecule has 1 fully saturated rings. The molecular formula is C24H25N3O4. The Morgan fingerprint density at radius 1 is 0.935 bits per heavy atom. The van der Waals surface area contributed by atoms with Crippen molar-refractivity contribution in [3.63, 3.8) is 0 Å². The number of aromatic nitrogens is 1. The van der Waals surface area contributed by atoms with Gasteiger partial charge in [-0.05, 0) is 36.6 Å². The van der Waals surface area contributed by atoms with Gasteiger partial charge < -0.3 is 23.8 Å². The molecule has 7 nitrogen and oxygen atoms in total. The molecule has 0 bridgehead atoms. The van der Waals surface area contributed by atoms with Gasteiger partial charge in [0.05, 0.1) is 0 Å². The van der Waals surface area contributed by atoms with Crippen LogP contribution in [0.25, 0.3) is 10.9 Å². The second-order valence-corrected chi connectivity index (χ2v) is 8.00. The number of aryl methyl sites for hydroxylation is 1. The molecule has 31 heavy (non-hydrogen) atoms. The molecule has 3 heterocycles. The van der Waals surface area contributed by atoms with Crippen molar-refractivity contribution in [1.82, 2.24) is 14.4 Å². The van der Waals surface area contributed by atoms with Crippen LogP contribution in [0.5, 0.6) is 11.5 Å². The van der Waals surface area contributed by atoms with Gasteiger partial charge in [0.1, 0.15) is 13.2 Å². The van der Waals surface area contributed by atoms with Gasteiger partial charge in [0.25, 0.3) is 5.91 Å². The monoisotopic (exact) mass is 419 g/mol. The molecule has 1 saturated heterocycles. The molecule has 160 valence electrons. The van der Waals surface area contributed by atoms with Crippen LogP contribution in [0.15, 0.2) is 54.6 Å². The van der Waals surface area contributed by atoms with E-state index in [-0.39, 0.29) is 18.4 Å². The van der Waals surface area contributed by atoms with Crippen LogP contribution in [0.4, 0.5) is 0 Å². The van der Waals surface area contributed by atoms with Crippen molar-refractivity contribution in [2.45, 2.75) is 19.6 Å². The van der Waals surface area contributed by atoms with E-state index in [0.29, 0.717) is 44.2 Å². The first kappa shape index (κ1) is 19.5. The van der Waals surface area contributed by atoms with Crippen molar-refractivity contribution in [3.05, 3.63) is 60.3 Å². The van der Waals surface area contributed by atoms with E-state index in [0.717, 1.165) is 16.6 Å². The van der Waals surface area contributed by atoms with E-state index in [1.165, 1.54) is 0 Å². The summed E-state index contributed by atoms with van der Waals surface area (Å²) in [6, 6.07) is 17.6. The Labute approximate surface area is 180 Å². The third-order valence-corrected chi connectivity index (χ3v) is 6.04. The van der Waals surface area contributed by atoms with Gasteiger partial charge in [-0.2, -0.15) is 0 Å². The summed E-state index contributed by atoms with van der Waals surface area (Å²) in [5, 5.41) is 1.14. The largest absolute Gasteiger partial charge is 0.485 e. The molecule has 7 heteroatoms. The molecule has 3 aromatic rings. The zero-order chi connectivity index (χ0) is 21.4. The Morgan fingerprint density at radius 3 is 2.42 bits per heavy atom. The highest BCUT2D eigenvalue weighted by atomic mass is 16.6. The molecule has 0 saturated carbocycles. The number of amides is 2. The third-order valence-electron chi connectivity index (χ3n) is 6.04. The summed E-state index contributed by atoms with van der Waals surface area (Å²) in [6.07, 6.45) is -0.647. The highest BCUT2D eigenvalue weighted by Crippen LogP contribution is 2.31. The van der Waals surface area contributed by atoms with Gasteiger partial charge in [-0.3, -0.25) is 9.59 Å². The predicted octanol–water partition coefficient (Wildman–Crippen LogP) is 2.46. The van der Waals surface area contributed by atoms with Crippen molar-refractivity contribution >= 4 is 22.7 Å². The van der Waals surface area contributed by atoms with Crippen LogP contribution in [-0.4, -0.2) is 65.1 Å². The topological polar surface area (TPSA) is 64.0 Å². The van der Waals surface area contributed by atoms with Gasteiger partial charge in [0.2, 0.25) is 12.0 Å². The van der Waals surface area contributed by atoms with Crippen LogP contribution < -0.4 is 9.47 Å². The molecule has 1 unspecified atom stereocenters. The molecule has 0 spiro atoms. The smallest absolute Gasteiger partial charge is 0.267 e. The average molecular weight is 419 g/mol. The van der Waals surface area contributed by atoms with Crippen LogP contribution in [0.3, 0.4) is 0 Å². The lowest BCUT2D eigenvalue weighted by molar-refractivity contribution is -0.146. The van der Waals surface area contributed by atoms with Crippen molar-refractivity contribution < 1.29 is 19.1 Å². The van der Waals surface area contributed by atoms with Crippen molar-refractivity contribution in [3.8, 4) is 11.5 Å². The normalized spacial score (nSPS) is 18.3. The summed E-state index contributed by atoms with van der Waals surface area (Å²) in [4.78, 5) is 29.4. The number of para-hydroxylation sites is 3. The minimum atomic E-state index is -0.647. The fraction of sp³-hybridized carbons (Fsp3) is 0.333. The number of hydrogen-bond donors (Lipinski definition) is 0. The molecular weight excluding hydrogens is 394 g/mol. The number of benzene rings is 2. The number of hydrogen-bond acceptors (Lipinski definition) is 4. The highest BCUT2D eigenvalue weighted by Gasteiger charge is 2.33. The molecule has 1 atom stereocenters. The number of ether oxygens (including phenoxy) is 2. The van der Waals surface area contributed by atoms with Gasteiger partial charge in [-0.25, -0.2) is 0 Å². The van der Waals surface area contributed by atoms with E-state index in [9.17, 15) is 9.59 Å². The van der Waals surface area contributed by atoms with Crippen LogP contribution in [-0.2, 0) is 16.1 Å². The van der Waals surface area contributed by atoms with Gasteiger partial charge in [0, 0.05) is 37.4 Å². The molecule has 0 N–H and O–H groups in total. The molecule has 2 aliphatic rings. The number of carbonyl (C=O) groups is 2. The first-order valence-corrected chi connectivity index (χ1v) is 10.6. The van der Waals surface area contributed by atoms with E-state index in [4.69, 9.17) is 9.47 Å². The molecule has 5 rings (SSSR count). The Bertz CT molecular complexity index is 1130. The quantitative estimate of drug-likeness (QED) is 0.654. The van der Waals surface area contributed by atoms with Crippen LogP contribution in [0.2, 0.25) is 0 Å². The van der Waals surface area contributed by atoms with Crippen molar-refractivity contribution in [2.24, 2.45) is 0 Å². The molecule has 0 radical (unpaired) electrons. The van der Waals surface area contributed by atoms with Gasteiger partial charge in [-0.15, -0.1) is 0 Å². The zero-order valence-electron chi connectivity index (χ0n) is 17.5. The maximum absolute atomic E-state index is 12.9. The maximum atomic E-state index is 12.9.